The van der Waals surface area contributed by atoms with Crippen molar-refractivity contribution in [1.29, 1.82) is 0 Å². The molecule has 0 bridgehead atoms. The molecule has 0 radical (unpaired) electrons. The van der Waals surface area contributed by atoms with Gasteiger partial charge in [0.2, 0.25) is 5.91 Å². The number of allylic oxidation sites excluding steroid dienone is 5. The summed E-state index contributed by atoms with van der Waals surface area (Å²) in [5, 5.41) is 13.8. The molecule has 408 valence electrons. The van der Waals surface area contributed by atoms with Crippen molar-refractivity contribution < 1.29 is 32.9 Å². The number of nitrogens with zero attached hydrogens (tertiary/aromatic N) is 1. The maximum Gasteiger partial charge on any atom is 0.268 e. The van der Waals surface area contributed by atoms with Gasteiger partial charge in [-0.2, -0.15) is 0 Å². The van der Waals surface area contributed by atoms with Crippen LogP contribution in [0, 0.1) is 0 Å². The molecule has 69 heavy (non-hydrogen) atoms. The van der Waals surface area contributed by atoms with E-state index in [1.807, 2.05) is 27.2 Å². The van der Waals surface area contributed by atoms with Gasteiger partial charge < -0.3 is 28.8 Å². The Bertz CT molecular complexity index is 1220. The van der Waals surface area contributed by atoms with Gasteiger partial charge in [-0.3, -0.25) is 9.36 Å². The molecular weight excluding hydrogens is 876 g/mol. The first-order valence-electron chi connectivity index (χ1n) is 29.9. The average Bonchev–Trinajstić information content (AvgIpc) is 3.31. The highest BCUT2D eigenvalue weighted by Gasteiger charge is 2.23. The third-order valence-corrected chi connectivity index (χ3v) is 14.5. The van der Waals surface area contributed by atoms with Gasteiger partial charge in [0.15, 0.2) is 0 Å². The fourth-order valence-electron chi connectivity index (χ4n) is 8.87. The Balaban J connectivity index is 3.94. The van der Waals surface area contributed by atoms with Gasteiger partial charge in [-0.15, -0.1) is 0 Å². The van der Waals surface area contributed by atoms with E-state index in [2.05, 4.69) is 43.5 Å². The van der Waals surface area contributed by atoms with Crippen LogP contribution in [0.1, 0.15) is 290 Å². The van der Waals surface area contributed by atoms with Crippen LogP contribution >= 0.6 is 7.82 Å². The Morgan fingerprint density at radius 1 is 0.493 bits per heavy atom. The molecule has 0 saturated heterocycles. The number of aliphatic hydroxyl groups excluding tert-OH is 1. The van der Waals surface area contributed by atoms with Crippen molar-refractivity contribution >= 4 is 13.7 Å². The lowest BCUT2D eigenvalue weighted by atomic mass is 10.0. The second-order valence-electron chi connectivity index (χ2n) is 21.7. The van der Waals surface area contributed by atoms with Crippen LogP contribution in [0.3, 0.4) is 0 Å². The van der Waals surface area contributed by atoms with Gasteiger partial charge in [0.1, 0.15) is 13.2 Å². The molecule has 0 aliphatic rings. The first-order valence-corrected chi connectivity index (χ1v) is 31.3. The molecule has 0 rings (SSSR count). The smallest absolute Gasteiger partial charge is 0.268 e. The van der Waals surface area contributed by atoms with Gasteiger partial charge in [0.25, 0.3) is 7.82 Å². The molecular formula is C60H117N2O6P. The Kier molecular flexibility index (Phi) is 50.7. The molecule has 0 fully saturated rings. The van der Waals surface area contributed by atoms with E-state index < -0.39 is 26.6 Å². The molecule has 0 saturated carbocycles. The van der Waals surface area contributed by atoms with Crippen molar-refractivity contribution in [3.63, 3.8) is 0 Å². The van der Waals surface area contributed by atoms with Gasteiger partial charge in [0, 0.05) is 6.42 Å². The second kappa shape index (κ2) is 51.6. The van der Waals surface area contributed by atoms with Crippen LogP contribution in [-0.2, 0) is 18.4 Å². The summed E-state index contributed by atoms with van der Waals surface area (Å²) in [4.78, 5) is 25.4. The van der Waals surface area contributed by atoms with Gasteiger partial charge in [-0.05, 0) is 57.8 Å². The molecule has 8 nitrogen and oxygen atoms in total. The minimum absolute atomic E-state index is 0.00531. The van der Waals surface area contributed by atoms with Crippen LogP contribution < -0.4 is 10.2 Å². The van der Waals surface area contributed by atoms with E-state index in [1.165, 1.54) is 231 Å². The minimum Gasteiger partial charge on any atom is -0.756 e. The summed E-state index contributed by atoms with van der Waals surface area (Å²) >= 11 is 0. The zero-order valence-corrected chi connectivity index (χ0v) is 47.4. The Hall–Kier alpha value is -1.28. The molecule has 1 amide bonds. The molecule has 0 aliphatic carbocycles. The molecule has 0 aromatic carbocycles. The molecule has 9 heteroatoms. The topological polar surface area (TPSA) is 108 Å². The molecule has 3 unspecified atom stereocenters. The van der Waals surface area contributed by atoms with Crippen LogP contribution in [0.5, 0.6) is 0 Å². The number of phosphoric ester groups is 1. The van der Waals surface area contributed by atoms with E-state index in [0.29, 0.717) is 17.4 Å². The summed E-state index contributed by atoms with van der Waals surface area (Å²) in [5.74, 6) is -0.205. The predicted octanol–water partition coefficient (Wildman–Crippen LogP) is 17.5. The largest absolute Gasteiger partial charge is 0.756 e. The third-order valence-electron chi connectivity index (χ3n) is 13.6. The van der Waals surface area contributed by atoms with Crippen LogP contribution in [-0.4, -0.2) is 68.5 Å². The highest BCUT2D eigenvalue weighted by Crippen LogP contribution is 2.38. The van der Waals surface area contributed by atoms with Gasteiger partial charge in [-0.1, -0.05) is 262 Å². The molecule has 0 spiro atoms. The molecule has 3 atom stereocenters. The van der Waals surface area contributed by atoms with Crippen molar-refractivity contribution in [3.8, 4) is 0 Å². The maximum absolute atomic E-state index is 12.9. The molecule has 0 aromatic heterocycles. The lowest BCUT2D eigenvalue weighted by Gasteiger charge is -2.29. The number of carbonyl (C=O) groups excluding carboxylic acids is 1. The van der Waals surface area contributed by atoms with Crippen molar-refractivity contribution in [2.75, 3.05) is 40.9 Å². The summed E-state index contributed by atoms with van der Waals surface area (Å²) in [5.41, 5.74) is 0. The SMILES string of the molecule is CCCCCCCC/C=C/CC/C=C/C(O)C(COP(=O)([O-])OCC[N+](C)(C)C)NC(=O)CCCCCCCCCCCCCCCCCCC/C=C\CCCCCCCCCCCCCCCC. The number of rotatable bonds is 55. The number of phosphoric acid groups is 1. The fraction of sp³-hybridized carbons (Fsp3) is 0.883. The summed E-state index contributed by atoms with van der Waals surface area (Å²) in [7, 11) is 1.25. The van der Waals surface area contributed by atoms with E-state index in [4.69, 9.17) is 9.05 Å². The number of hydrogen-bond donors (Lipinski definition) is 2. The number of aliphatic hydroxyl groups is 1. The van der Waals surface area contributed by atoms with E-state index in [-0.39, 0.29) is 12.5 Å². The first kappa shape index (κ1) is 67.7. The van der Waals surface area contributed by atoms with E-state index >= 15 is 0 Å². The van der Waals surface area contributed by atoms with E-state index in [9.17, 15) is 19.4 Å². The lowest BCUT2D eigenvalue weighted by Crippen LogP contribution is -2.45. The number of likely N-dealkylation sites (N-methyl/N-ethyl adjacent to an activating group) is 1. The molecule has 0 aliphatic heterocycles. The fourth-order valence-corrected chi connectivity index (χ4v) is 9.60. The number of quaternary nitrogens is 1. The van der Waals surface area contributed by atoms with E-state index in [0.717, 1.165) is 38.5 Å². The monoisotopic (exact) mass is 993 g/mol. The summed E-state index contributed by atoms with van der Waals surface area (Å²) in [6, 6.07) is -0.901. The van der Waals surface area contributed by atoms with Crippen LogP contribution in [0.2, 0.25) is 0 Å². The van der Waals surface area contributed by atoms with Crippen LogP contribution in [0.25, 0.3) is 0 Å². The number of nitrogens with one attached hydrogen (secondary N) is 1. The standard InChI is InChI=1S/C60H117N2O6P/c1-6-8-10-12-14-16-18-20-21-22-23-24-25-26-27-28-29-30-31-32-33-34-35-36-37-38-39-40-41-42-44-46-48-50-52-54-60(64)61-58(57-68-69(65,66)67-56-55-62(3,4)5)59(63)53-51-49-47-45-43-19-17-15-13-11-9-7-2/h28-29,43,45,51,53,58-59,63H,6-27,30-42,44,46-50,52,54-57H2,1-5H3,(H-,61,64,65,66)/b29-28-,45-43+,53-51+. The normalized spacial score (nSPS) is 14.1. The molecule has 2 N–H and O–H groups in total. The van der Waals surface area contributed by atoms with E-state index in [1.54, 1.807) is 6.08 Å². The highest BCUT2D eigenvalue weighted by molar-refractivity contribution is 7.45. The summed E-state index contributed by atoms with van der Waals surface area (Å²) in [6.07, 6.45) is 66.9. The zero-order valence-electron chi connectivity index (χ0n) is 46.5. The van der Waals surface area contributed by atoms with Gasteiger partial charge >= 0.3 is 0 Å². The first-order chi connectivity index (χ1) is 33.5. The number of carbonyl (C=O) groups is 1. The van der Waals surface area contributed by atoms with Crippen molar-refractivity contribution in [1.82, 2.24) is 5.32 Å². The number of hydrogen-bond acceptors (Lipinski definition) is 6. The predicted molar refractivity (Wildman–Crippen MR) is 298 cm³/mol. The van der Waals surface area contributed by atoms with Gasteiger partial charge in [0.05, 0.1) is 39.9 Å². The average molecular weight is 994 g/mol. The lowest BCUT2D eigenvalue weighted by molar-refractivity contribution is -0.870. The Morgan fingerprint density at radius 2 is 0.812 bits per heavy atom. The number of unbranched alkanes of at least 4 members (excludes halogenated alkanes) is 38. The second-order valence-corrected chi connectivity index (χ2v) is 23.1. The summed E-state index contributed by atoms with van der Waals surface area (Å²) < 4.78 is 23.3. The molecule has 0 aromatic rings. The van der Waals surface area contributed by atoms with Gasteiger partial charge in [-0.25, -0.2) is 0 Å². The maximum atomic E-state index is 12.9. The summed E-state index contributed by atoms with van der Waals surface area (Å²) in [6.45, 7) is 4.63. The van der Waals surface area contributed by atoms with Crippen molar-refractivity contribution in [3.05, 3.63) is 36.5 Å². The quantitative estimate of drug-likeness (QED) is 0.0272. The van der Waals surface area contributed by atoms with Crippen LogP contribution in [0.4, 0.5) is 0 Å². The Morgan fingerprint density at radius 3 is 1.17 bits per heavy atom. The third kappa shape index (κ3) is 54.3. The van der Waals surface area contributed by atoms with Crippen LogP contribution in [0.15, 0.2) is 36.5 Å². The minimum atomic E-state index is -4.60. The van der Waals surface area contributed by atoms with Crippen molar-refractivity contribution in [2.24, 2.45) is 0 Å². The molecule has 0 heterocycles. The zero-order chi connectivity index (χ0) is 50.6. The highest BCUT2D eigenvalue weighted by atomic mass is 31.2. The Labute approximate surface area is 429 Å². The van der Waals surface area contributed by atoms with Crippen molar-refractivity contribution in [2.45, 2.75) is 302 Å². The number of amides is 1.